The topological polar surface area (TPSA) is 23.6 Å². The van der Waals surface area contributed by atoms with Gasteiger partial charge in [-0.05, 0) is 58.0 Å². The Kier molecular flexibility index (Phi) is 7.19. The molecule has 2 heterocycles. The van der Waals surface area contributed by atoms with Gasteiger partial charge in [0.15, 0.2) is 0 Å². The minimum Gasteiger partial charge on any atom is -0.342 e. The number of hydrogen-bond donors (Lipinski definition) is 0. The first kappa shape index (κ1) is 18.5. The summed E-state index contributed by atoms with van der Waals surface area (Å²) in [6, 6.07) is 0.681. The standard InChI is InChI=1S/C16H30N2O.C2H6/c1-13(2)15(19)18-11-7-16(8-12-18)5-9-17(10-6-16)14(3)4;1-2/h13-14H,5-12H2,1-4H3;1-2H3. The number of nitrogens with zero attached hydrogens (tertiary/aromatic N) is 2. The van der Waals surface area contributed by atoms with Crippen molar-refractivity contribution in [3.8, 4) is 0 Å². The number of carbonyl (C=O) groups is 1. The Labute approximate surface area is 132 Å². The number of rotatable bonds is 2. The lowest BCUT2D eigenvalue weighted by Gasteiger charge is -2.48. The second kappa shape index (κ2) is 8.17. The van der Waals surface area contributed by atoms with Crippen LogP contribution in [0.2, 0.25) is 0 Å². The molecule has 0 aliphatic carbocycles. The smallest absolute Gasteiger partial charge is 0.225 e. The largest absolute Gasteiger partial charge is 0.342 e. The van der Waals surface area contributed by atoms with E-state index in [4.69, 9.17) is 0 Å². The van der Waals surface area contributed by atoms with E-state index in [1.165, 1.54) is 38.8 Å². The van der Waals surface area contributed by atoms with E-state index in [0.717, 1.165) is 13.1 Å². The lowest BCUT2D eigenvalue weighted by molar-refractivity contribution is -0.137. The second-order valence-corrected chi connectivity index (χ2v) is 7.11. The van der Waals surface area contributed by atoms with Gasteiger partial charge in [-0.3, -0.25) is 4.79 Å². The number of carbonyl (C=O) groups excluding carboxylic acids is 1. The minimum atomic E-state index is 0.150. The van der Waals surface area contributed by atoms with E-state index in [1.807, 2.05) is 27.7 Å². The van der Waals surface area contributed by atoms with Gasteiger partial charge in [0.2, 0.25) is 5.91 Å². The van der Waals surface area contributed by atoms with Gasteiger partial charge >= 0.3 is 0 Å². The van der Waals surface area contributed by atoms with E-state index in [2.05, 4.69) is 23.6 Å². The van der Waals surface area contributed by atoms with Crippen LogP contribution in [0.3, 0.4) is 0 Å². The summed E-state index contributed by atoms with van der Waals surface area (Å²) >= 11 is 0. The Balaban J connectivity index is 0.00000106. The maximum Gasteiger partial charge on any atom is 0.225 e. The molecule has 2 fully saturated rings. The maximum atomic E-state index is 12.0. The number of likely N-dealkylation sites (tertiary alicyclic amines) is 2. The molecule has 1 amide bonds. The van der Waals surface area contributed by atoms with Crippen molar-refractivity contribution in [1.29, 1.82) is 0 Å². The van der Waals surface area contributed by atoms with Gasteiger partial charge in [-0.25, -0.2) is 0 Å². The van der Waals surface area contributed by atoms with Crippen molar-refractivity contribution in [1.82, 2.24) is 9.80 Å². The Morgan fingerprint density at radius 3 is 1.67 bits per heavy atom. The normalized spacial score (nSPS) is 22.4. The Bertz CT molecular complexity index is 307. The molecule has 1 spiro atoms. The fraction of sp³-hybridized carbons (Fsp3) is 0.944. The number of piperidine rings is 2. The van der Waals surface area contributed by atoms with E-state index in [0.29, 0.717) is 17.4 Å². The van der Waals surface area contributed by atoms with Crippen LogP contribution in [-0.4, -0.2) is 47.9 Å². The summed E-state index contributed by atoms with van der Waals surface area (Å²) in [5.74, 6) is 0.492. The number of amides is 1. The average Bonchev–Trinajstić information content (AvgIpc) is 2.50. The van der Waals surface area contributed by atoms with E-state index in [9.17, 15) is 4.79 Å². The third kappa shape index (κ3) is 4.70. The molecule has 21 heavy (non-hydrogen) atoms. The first-order chi connectivity index (χ1) is 9.93. The van der Waals surface area contributed by atoms with E-state index in [-0.39, 0.29) is 5.92 Å². The molecule has 0 aromatic heterocycles. The monoisotopic (exact) mass is 296 g/mol. The van der Waals surface area contributed by atoms with Gasteiger partial charge < -0.3 is 9.80 Å². The summed E-state index contributed by atoms with van der Waals surface area (Å²) in [7, 11) is 0. The molecule has 0 bridgehead atoms. The van der Waals surface area contributed by atoms with Crippen LogP contribution in [0, 0.1) is 11.3 Å². The van der Waals surface area contributed by atoms with Crippen LogP contribution in [0.25, 0.3) is 0 Å². The predicted molar refractivity (Wildman–Crippen MR) is 90.4 cm³/mol. The molecule has 0 aromatic rings. The number of hydrogen-bond acceptors (Lipinski definition) is 2. The molecule has 0 radical (unpaired) electrons. The van der Waals surface area contributed by atoms with Crippen molar-refractivity contribution in [2.75, 3.05) is 26.2 Å². The van der Waals surface area contributed by atoms with Gasteiger partial charge in [0.25, 0.3) is 0 Å². The predicted octanol–water partition coefficient (Wildman–Crippen LogP) is 3.78. The summed E-state index contributed by atoms with van der Waals surface area (Å²) in [5, 5.41) is 0. The van der Waals surface area contributed by atoms with Crippen molar-refractivity contribution in [3.05, 3.63) is 0 Å². The van der Waals surface area contributed by atoms with Gasteiger partial charge in [-0.2, -0.15) is 0 Å². The first-order valence-corrected chi connectivity index (χ1v) is 8.96. The molecular formula is C18H36N2O. The van der Waals surface area contributed by atoms with Crippen LogP contribution >= 0.6 is 0 Å². The van der Waals surface area contributed by atoms with E-state index < -0.39 is 0 Å². The summed E-state index contributed by atoms with van der Waals surface area (Å²) < 4.78 is 0. The zero-order chi connectivity index (χ0) is 16.0. The molecule has 0 N–H and O–H groups in total. The summed E-state index contributed by atoms with van der Waals surface area (Å²) in [5.41, 5.74) is 0.541. The lowest BCUT2D eigenvalue weighted by Crippen LogP contribution is -2.50. The summed E-state index contributed by atoms with van der Waals surface area (Å²) in [6.45, 7) is 17.1. The minimum absolute atomic E-state index is 0.150. The van der Waals surface area contributed by atoms with Crippen molar-refractivity contribution >= 4 is 5.91 Å². The van der Waals surface area contributed by atoms with E-state index >= 15 is 0 Å². The maximum absolute atomic E-state index is 12.0. The Hall–Kier alpha value is -0.570. The molecule has 2 saturated heterocycles. The lowest BCUT2D eigenvalue weighted by atomic mass is 9.71. The van der Waals surface area contributed by atoms with Crippen LogP contribution in [0.1, 0.15) is 67.2 Å². The highest BCUT2D eigenvalue weighted by Crippen LogP contribution is 2.41. The van der Waals surface area contributed by atoms with Crippen LogP contribution in [0.15, 0.2) is 0 Å². The van der Waals surface area contributed by atoms with Crippen LogP contribution in [-0.2, 0) is 4.79 Å². The fourth-order valence-electron chi connectivity index (χ4n) is 3.58. The van der Waals surface area contributed by atoms with Crippen molar-refractivity contribution in [2.24, 2.45) is 11.3 Å². The third-order valence-corrected chi connectivity index (χ3v) is 5.22. The van der Waals surface area contributed by atoms with Crippen LogP contribution < -0.4 is 0 Å². The van der Waals surface area contributed by atoms with Crippen LogP contribution in [0.5, 0.6) is 0 Å². The average molecular weight is 296 g/mol. The zero-order valence-electron chi connectivity index (χ0n) is 15.1. The SMILES string of the molecule is CC.CC(C)C(=O)N1CCC2(CC1)CCN(C(C)C)CC2. The molecule has 2 rings (SSSR count). The molecule has 0 atom stereocenters. The highest BCUT2D eigenvalue weighted by Gasteiger charge is 2.38. The second-order valence-electron chi connectivity index (χ2n) is 7.11. The van der Waals surface area contributed by atoms with Gasteiger partial charge in [0, 0.05) is 25.0 Å². The molecule has 0 aromatic carbocycles. The van der Waals surface area contributed by atoms with Crippen molar-refractivity contribution in [2.45, 2.75) is 73.3 Å². The van der Waals surface area contributed by atoms with Crippen molar-refractivity contribution < 1.29 is 4.79 Å². The molecule has 3 nitrogen and oxygen atoms in total. The third-order valence-electron chi connectivity index (χ3n) is 5.22. The zero-order valence-corrected chi connectivity index (χ0v) is 15.1. The van der Waals surface area contributed by atoms with Gasteiger partial charge in [-0.1, -0.05) is 27.7 Å². The Morgan fingerprint density at radius 1 is 0.857 bits per heavy atom. The Morgan fingerprint density at radius 2 is 1.29 bits per heavy atom. The van der Waals surface area contributed by atoms with Crippen molar-refractivity contribution in [3.63, 3.8) is 0 Å². The molecule has 2 aliphatic heterocycles. The fourth-order valence-corrected chi connectivity index (χ4v) is 3.58. The highest BCUT2D eigenvalue weighted by atomic mass is 16.2. The summed E-state index contributed by atoms with van der Waals surface area (Å²) in [6.07, 6.45) is 5.10. The van der Waals surface area contributed by atoms with Gasteiger partial charge in [0.05, 0.1) is 0 Å². The van der Waals surface area contributed by atoms with E-state index in [1.54, 1.807) is 0 Å². The molecule has 3 heteroatoms. The molecule has 2 aliphatic rings. The quantitative estimate of drug-likeness (QED) is 0.774. The highest BCUT2D eigenvalue weighted by molar-refractivity contribution is 5.78. The van der Waals surface area contributed by atoms with Gasteiger partial charge in [-0.15, -0.1) is 0 Å². The van der Waals surface area contributed by atoms with Gasteiger partial charge in [0.1, 0.15) is 0 Å². The summed E-state index contributed by atoms with van der Waals surface area (Å²) in [4.78, 5) is 16.7. The molecular weight excluding hydrogens is 260 g/mol. The molecule has 0 unspecified atom stereocenters. The molecule has 124 valence electrons. The first-order valence-electron chi connectivity index (χ1n) is 8.96. The van der Waals surface area contributed by atoms with Crippen LogP contribution in [0.4, 0.5) is 0 Å². The molecule has 0 saturated carbocycles.